The number of rotatable bonds is 7. The maximum absolute atomic E-state index is 11.4. The lowest BCUT2D eigenvalue weighted by Crippen LogP contribution is -2.13. The van der Waals surface area contributed by atoms with E-state index >= 15 is 0 Å². The van der Waals surface area contributed by atoms with E-state index in [-0.39, 0.29) is 12.4 Å². The van der Waals surface area contributed by atoms with Gasteiger partial charge in [-0.05, 0) is 17.7 Å². The first kappa shape index (κ1) is 11.8. The molecule has 0 aliphatic rings. The van der Waals surface area contributed by atoms with Crippen LogP contribution in [0.1, 0.15) is 5.56 Å². The van der Waals surface area contributed by atoms with Gasteiger partial charge in [-0.15, -0.1) is 0 Å². The normalized spacial score (nSPS) is 10.2. The van der Waals surface area contributed by atoms with Crippen LogP contribution in [0.25, 0.3) is 0 Å². The lowest BCUT2D eigenvalue weighted by atomic mass is 10.1. The molecule has 4 heteroatoms. The molecule has 0 bridgehead atoms. The van der Waals surface area contributed by atoms with Gasteiger partial charge in [0, 0.05) is 25.9 Å². The Labute approximate surface area is 89.2 Å². The van der Waals surface area contributed by atoms with Gasteiger partial charge in [0.1, 0.15) is 6.61 Å². The predicted octanol–water partition coefficient (Wildman–Crippen LogP) is 0.856. The van der Waals surface area contributed by atoms with Crippen LogP contribution in [0, 0.1) is 0 Å². The summed E-state index contributed by atoms with van der Waals surface area (Å²) >= 11 is 0. The summed E-state index contributed by atoms with van der Waals surface area (Å²) in [7, 11) is 1.60. The number of hydrogen-bond acceptors (Lipinski definition) is 4. The molecule has 0 aromatic carbocycles. The zero-order valence-electron chi connectivity index (χ0n) is 8.81. The highest BCUT2D eigenvalue weighted by molar-refractivity contribution is 5.81. The van der Waals surface area contributed by atoms with Gasteiger partial charge in [-0.1, -0.05) is 0 Å². The van der Waals surface area contributed by atoms with Gasteiger partial charge in [0.05, 0.1) is 13.2 Å². The molecule has 15 heavy (non-hydrogen) atoms. The van der Waals surface area contributed by atoms with Crippen molar-refractivity contribution in [2.24, 2.45) is 0 Å². The number of ether oxygens (including phenoxy) is 2. The summed E-state index contributed by atoms with van der Waals surface area (Å²) in [6.45, 7) is 1.12. The van der Waals surface area contributed by atoms with Gasteiger partial charge < -0.3 is 9.47 Å². The van der Waals surface area contributed by atoms with E-state index in [0.717, 1.165) is 5.56 Å². The standard InChI is InChI=1S/C11H15NO3/c1-14-6-7-15-9-11(13)8-10-2-4-12-5-3-10/h2-5H,6-9H2,1H3. The van der Waals surface area contributed by atoms with E-state index < -0.39 is 0 Å². The minimum absolute atomic E-state index is 0.0669. The van der Waals surface area contributed by atoms with E-state index in [9.17, 15) is 4.79 Å². The molecule has 4 nitrogen and oxygen atoms in total. The quantitative estimate of drug-likeness (QED) is 0.625. The van der Waals surface area contributed by atoms with Gasteiger partial charge in [0.25, 0.3) is 0 Å². The molecular formula is C11H15NO3. The highest BCUT2D eigenvalue weighted by atomic mass is 16.5. The maximum Gasteiger partial charge on any atom is 0.162 e. The first-order chi connectivity index (χ1) is 7.33. The Morgan fingerprint density at radius 1 is 1.33 bits per heavy atom. The molecule has 0 aliphatic heterocycles. The number of carbonyl (C=O) groups is 1. The zero-order chi connectivity index (χ0) is 10.9. The van der Waals surface area contributed by atoms with Gasteiger partial charge in [-0.2, -0.15) is 0 Å². The Morgan fingerprint density at radius 3 is 2.73 bits per heavy atom. The SMILES string of the molecule is COCCOCC(=O)Cc1ccncc1. The number of pyridine rings is 1. The second-order valence-electron chi connectivity index (χ2n) is 3.12. The van der Waals surface area contributed by atoms with E-state index in [1.807, 2.05) is 12.1 Å². The molecule has 0 atom stereocenters. The van der Waals surface area contributed by atoms with Crippen LogP contribution >= 0.6 is 0 Å². The van der Waals surface area contributed by atoms with Crippen LogP contribution in [-0.2, 0) is 20.7 Å². The molecule has 1 aromatic heterocycles. The second kappa shape index (κ2) is 7.09. The lowest BCUT2D eigenvalue weighted by molar-refractivity contribution is -0.123. The molecule has 0 unspecified atom stereocenters. The Bertz CT molecular complexity index is 287. The summed E-state index contributed by atoms with van der Waals surface area (Å²) in [5.74, 6) is 0.0669. The van der Waals surface area contributed by atoms with Gasteiger partial charge in [-0.3, -0.25) is 9.78 Å². The van der Waals surface area contributed by atoms with Crippen LogP contribution in [0.2, 0.25) is 0 Å². The van der Waals surface area contributed by atoms with Crippen molar-refractivity contribution < 1.29 is 14.3 Å². The molecule has 0 radical (unpaired) electrons. The Hall–Kier alpha value is -1.26. The number of carbonyl (C=O) groups excluding carboxylic acids is 1. The molecule has 82 valence electrons. The summed E-state index contributed by atoms with van der Waals surface area (Å²) < 4.78 is 9.92. The average molecular weight is 209 g/mol. The van der Waals surface area contributed by atoms with Crippen molar-refractivity contribution in [1.82, 2.24) is 4.98 Å². The van der Waals surface area contributed by atoms with Crippen molar-refractivity contribution in [3.05, 3.63) is 30.1 Å². The lowest BCUT2D eigenvalue weighted by Gasteiger charge is -2.02. The van der Waals surface area contributed by atoms with Gasteiger partial charge >= 0.3 is 0 Å². The van der Waals surface area contributed by atoms with Crippen molar-refractivity contribution in [1.29, 1.82) is 0 Å². The van der Waals surface area contributed by atoms with Crippen LogP contribution in [0.3, 0.4) is 0 Å². The van der Waals surface area contributed by atoms with Crippen LogP contribution in [0.15, 0.2) is 24.5 Å². The minimum Gasteiger partial charge on any atom is -0.382 e. The topological polar surface area (TPSA) is 48.4 Å². The molecular weight excluding hydrogens is 194 g/mol. The zero-order valence-corrected chi connectivity index (χ0v) is 8.81. The number of Topliss-reactive ketones (excluding diaryl/α,β-unsaturated/α-hetero) is 1. The fourth-order valence-electron chi connectivity index (χ4n) is 1.11. The van der Waals surface area contributed by atoms with Crippen molar-refractivity contribution in [2.75, 3.05) is 26.9 Å². The Morgan fingerprint density at radius 2 is 2.07 bits per heavy atom. The van der Waals surface area contributed by atoms with Crippen molar-refractivity contribution in [2.45, 2.75) is 6.42 Å². The summed E-state index contributed by atoms with van der Waals surface area (Å²) in [6.07, 6.45) is 3.75. The molecule has 0 amide bonds. The Kier molecular flexibility index (Phi) is 5.58. The molecule has 0 saturated carbocycles. The molecule has 0 fully saturated rings. The summed E-state index contributed by atoms with van der Waals surface area (Å²) in [6, 6.07) is 3.65. The summed E-state index contributed by atoms with van der Waals surface area (Å²) in [5, 5.41) is 0. The molecule has 1 heterocycles. The molecule has 0 aliphatic carbocycles. The van der Waals surface area contributed by atoms with E-state index in [4.69, 9.17) is 9.47 Å². The third-order valence-corrected chi connectivity index (χ3v) is 1.85. The highest BCUT2D eigenvalue weighted by Crippen LogP contribution is 1.98. The largest absolute Gasteiger partial charge is 0.382 e. The molecule has 1 aromatic rings. The molecule has 0 N–H and O–H groups in total. The van der Waals surface area contributed by atoms with Crippen LogP contribution in [0.4, 0.5) is 0 Å². The fourth-order valence-corrected chi connectivity index (χ4v) is 1.11. The van der Waals surface area contributed by atoms with Crippen LogP contribution < -0.4 is 0 Å². The highest BCUT2D eigenvalue weighted by Gasteiger charge is 2.03. The fraction of sp³-hybridized carbons (Fsp3) is 0.455. The third kappa shape index (κ3) is 5.24. The van der Waals surface area contributed by atoms with Crippen LogP contribution in [0.5, 0.6) is 0 Å². The Balaban J connectivity index is 2.19. The van der Waals surface area contributed by atoms with E-state index in [1.54, 1.807) is 19.5 Å². The molecule has 1 rings (SSSR count). The average Bonchev–Trinajstić information content (AvgIpc) is 2.26. The van der Waals surface area contributed by atoms with Gasteiger partial charge in [0.15, 0.2) is 5.78 Å². The summed E-state index contributed by atoms with van der Waals surface area (Å²) in [5.41, 5.74) is 0.963. The number of ketones is 1. The third-order valence-electron chi connectivity index (χ3n) is 1.85. The van der Waals surface area contributed by atoms with Crippen molar-refractivity contribution in [3.63, 3.8) is 0 Å². The van der Waals surface area contributed by atoms with Gasteiger partial charge in [-0.25, -0.2) is 0 Å². The predicted molar refractivity (Wildman–Crippen MR) is 55.6 cm³/mol. The minimum atomic E-state index is 0.0669. The van der Waals surface area contributed by atoms with E-state index in [1.165, 1.54) is 0 Å². The molecule has 0 spiro atoms. The summed E-state index contributed by atoms with van der Waals surface area (Å²) in [4.78, 5) is 15.3. The van der Waals surface area contributed by atoms with Crippen molar-refractivity contribution in [3.8, 4) is 0 Å². The number of methoxy groups -OCH3 is 1. The van der Waals surface area contributed by atoms with Crippen LogP contribution in [-0.4, -0.2) is 37.7 Å². The number of aromatic nitrogens is 1. The number of nitrogens with zero attached hydrogens (tertiary/aromatic N) is 1. The number of hydrogen-bond donors (Lipinski definition) is 0. The smallest absolute Gasteiger partial charge is 0.162 e. The van der Waals surface area contributed by atoms with Gasteiger partial charge in [0.2, 0.25) is 0 Å². The monoisotopic (exact) mass is 209 g/mol. The van der Waals surface area contributed by atoms with E-state index in [2.05, 4.69) is 4.98 Å². The second-order valence-corrected chi connectivity index (χ2v) is 3.12. The van der Waals surface area contributed by atoms with Crippen molar-refractivity contribution >= 4 is 5.78 Å². The first-order valence-electron chi connectivity index (χ1n) is 4.80. The molecule has 0 saturated heterocycles. The first-order valence-corrected chi connectivity index (χ1v) is 4.80. The maximum atomic E-state index is 11.4. The van der Waals surface area contributed by atoms with E-state index in [0.29, 0.717) is 19.6 Å².